The summed E-state index contributed by atoms with van der Waals surface area (Å²) in [4.78, 5) is 19.2. The largest absolute Gasteiger partial charge is 0.482 e. The number of carboxylic acid groups (broad SMARTS) is 1. The number of hydrogen-bond donors (Lipinski definition) is 2. The molecule has 1 heterocycles. The van der Waals surface area contributed by atoms with Crippen LogP contribution in [-0.2, 0) is 21.0 Å². The van der Waals surface area contributed by atoms with Gasteiger partial charge in [0.2, 0.25) is 5.76 Å². The van der Waals surface area contributed by atoms with Crippen LogP contribution in [0.5, 0.6) is 0 Å². The van der Waals surface area contributed by atoms with Crippen molar-refractivity contribution in [1.29, 1.82) is 0 Å². The minimum atomic E-state index is -1.19. The minimum absolute atomic E-state index is 0.179. The van der Waals surface area contributed by atoms with Gasteiger partial charge in [0, 0.05) is 10.8 Å². The van der Waals surface area contributed by atoms with Crippen molar-refractivity contribution >= 4 is 5.97 Å². The number of ether oxygens (including phenoxy) is 1. The average molecular weight is 318 g/mol. The van der Waals surface area contributed by atoms with E-state index in [1.54, 1.807) is 0 Å². The zero-order valence-corrected chi connectivity index (χ0v) is 12.6. The summed E-state index contributed by atoms with van der Waals surface area (Å²) in [5.74, 6) is -1.58. The van der Waals surface area contributed by atoms with Gasteiger partial charge in [-0.25, -0.2) is 4.79 Å². The van der Waals surface area contributed by atoms with Gasteiger partial charge in [0.1, 0.15) is 6.10 Å². The lowest BCUT2D eigenvalue weighted by molar-refractivity contribution is -0.139. The summed E-state index contributed by atoms with van der Waals surface area (Å²) in [6.07, 6.45) is 0.853. The van der Waals surface area contributed by atoms with Crippen LogP contribution in [0.1, 0.15) is 12.5 Å². The summed E-state index contributed by atoms with van der Waals surface area (Å²) in [6.45, 7) is 2.48. The fourth-order valence-corrected chi connectivity index (χ4v) is 2.23. The second-order valence-electron chi connectivity index (χ2n) is 5.17. The van der Waals surface area contributed by atoms with Gasteiger partial charge >= 0.3 is 5.97 Å². The average Bonchev–Trinajstić information content (AvgIpc) is 2.55. The number of rotatable bonds is 7. The molecule has 0 fully saturated rings. The lowest BCUT2D eigenvalue weighted by Gasteiger charge is -2.32. The summed E-state index contributed by atoms with van der Waals surface area (Å²) in [7, 11) is 0. The van der Waals surface area contributed by atoms with E-state index in [2.05, 4.69) is 15.5 Å². The zero-order chi connectivity index (χ0) is 16.7. The highest BCUT2D eigenvalue weighted by Crippen LogP contribution is 2.25. The van der Waals surface area contributed by atoms with Crippen molar-refractivity contribution in [1.82, 2.24) is 5.48 Å². The second-order valence-corrected chi connectivity index (χ2v) is 5.17. The van der Waals surface area contributed by atoms with E-state index in [0.29, 0.717) is 6.61 Å². The molecular formula is C15H18N4O4. The van der Waals surface area contributed by atoms with Gasteiger partial charge in [-0.15, -0.1) is 0 Å². The third kappa shape index (κ3) is 4.72. The van der Waals surface area contributed by atoms with Crippen LogP contribution in [0.4, 0.5) is 0 Å². The number of carboxylic acids is 1. The van der Waals surface area contributed by atoms with Crippen LogP contribution in [0.3, 0.4) is 0 Å². The number of hydroxylamine groups is 1. The SMILES string of the molecule is C[C@H]1C(CNOCc2ccccc2)OC(C(=O)O)=C[C@H]1N=[N+]=[N-]. The van der Waals surface area contributed by atoms with E-state index >= 15 is 0 Å². The first-order valence-electron chi connectivity index (χ1n) is 7.16. The number of nitrogens with one attached hydrogen (secondary N) is 1. The Kier molecular flexibility index (Phi) is 5.99. The molecule has 8 heteroatoms. The topological polar surface area (TPSA) is 117 Å². The van der Waals surface area contributed by atoms with Crippen LogP contribution >= 0.6 is 0 Å². The lowest BCUT2D eigenvalue weighted by Crippen LogP contribution is -2.41. The Morgan fingerprint density at radius 1 is 1.48 bits per heavy atom. The number of hydrogen-bond acceptors (Lipinski definition) is 5. The maximum atomic E-state index is 11.1. The van der Waals surface area contributed by atoms with E-state index < -0.39 is 18.1 Å². The van der Waals surface area contributed by atoms with Crippen molar-refractivity contribution in [3.8, 4) is 0 Å². The Morgan fingerprint density at radius 3 is 2.87 bits per heavy atom. The first-order valence-corrected chi connectivity index (χ1v) is 7.16. The summed E-state index contributed by atoms with van der Waals surface area (Å²) in [5, 5.41) is 12.7. The van der Waals surface area contributed by atoms with E-state index in [0.717, 1.165) is 5.56 Å². The molecule has 0 saturated heterocycles. The molecule has 0 radical (unpaired) electrons. The van der Waals surface area contributed by atoms with Gasteiger partial charge in [-0.3, -0.25) is 4.84 Å². The molecule has 1 aliphatic heterocycles. The predicted octanol–water partition coefficient (Wildman–Crippen LogP) is 2.39. The zero-order valence-electron chi connectivity index (χ0n) is 12.6. The first-order chi connectivity index (χ1) is 11.1. The van der Waals surface area contributed by atoms with Crippen molar-refractivity contribution in [2.75, 3.05) is 6.54 Å². The Balaban J connectivity index is 1.89. The Hall–Kier alpha value is -2.54. The Labute approximate surface area is 133 Å². The maximum Gasteiger partial charge on any atom is 0.370 e. The third-order valence-electron chi connectivity index (χ3n) is 3.59. The van der Waals surface area contributed by atoms with Gasteiger partial charge in [0.25, 0.3) is 0 Å². The molecule has 2 N–H and O–H groups in total. The van der Waals surface area contributed by atoms with Crippen LogP contribution in [0.15, 0.2) is 47.3 Å². The van der Waals surface area contributed by atoms with E-state index in [4.69, 9.17) is 20.2 Å². The quantitative estimate of drug-likeness (QED) is 0.263. The Morgan fingerprint density at radius 2 is 2.22 bits per heavy atom. The highest BCUT2D eigenvalue weighted by atomic mass is 16.6. The van der Waals surface area contributed by atoms with E-state index in [9.17, 15) is 4.79 Å². The van der Waals surface area contributed by atoms with Crippen molar-refractivity contribution in [3.05, 3.63) is 58.2 Å². The van der Waals surface area contributed by atoms with Gasteiger partial charge in [-0.1, -0.05) is 42.4 Å². The minimum Gasteiger partial charge on any atom is -0.482 e. The van der Waals surface area contributed by atoms with Gasteiger partial charge in [-0.05, 0) is 17.2 Å². The smallest absolute Gasteiger partial charge is 0.370 e. The molecule has 1 aromatic carbocycles. The molecule has 0 amide bonds. The van der Waals surface area contributed by atoms with E-state index in [1.165, 1.54) is 6.08 Å². The van der Waals surface area contributed by atoms with Gasteiger partial charge in [0.05, 0.1) is 19.2 Å². The van der Waals surface area contributed by atoms with Crippen LogP contribution in [0.25, 0.3) is 10.4 Å². The summed E-state index contributed by atoms with van der Waals surface area (Å²) in [6, 6.07) is 9.05. The number of aliphatic carboxylic acids is 1. The lowest BCUT2D eigenvalue weighted by atomic mass is 9.93. The fraction of sp³-hybridized carbons (Fsp3) is 0.400. The standard InChI is InChI=1S/C15H18N4O4/c1-10-12(18-19-16)7-13(15(20)21)23-14(10)8-17-22-9-11-5-3-2-4-6-11/h2-7,10,12,14,17H,8-9H2,1H3,(H,20,21)/t10-,12-,14?/m1/s1. The molecule has 1 aliphatic rings. The summed E-state index contributed by atoms with van der Waals surface area (Å²) < 4.78 is 5.42. The highest BCUT2D eigenvalue weighted by Gasteiger charge is 2.33. The second kappa shape index (κ2) is 8.19. The Bertz CT molecular complexity index is 613. The van der Waals surface area contributed by atoms with Crippen LogP contribution in [0.2, 0.25) is 0 Å². The molecule has 0 aromatic heterocycles. The van der Waals surface area contributed by atoms with E-state index in [-0.39, 0.29) is 18.2 Å². The third-order valence-corrected chi connectivity index (χ3v) is 3.59. The highest BCUT2D eigenvalue weighted by molar-refractivity contribution is 5.84. The summed E-state index contributed by atoms with van der Waals surface area (Å²) in [5.41, 5.74) is 12.4. The molecule has 1 unspecified atom stereocenters. The van der Waals surface area contributed by atoms with Crippen LogP contribution < -0.4 is 5.48 Å². The van der Waals surface area contributed by atoms with Gasteiger partial charge in [-0.2, -0.15) is 5.48 Å². The van der Waals surface area contributed by atoms with Crippen LogP contribution in [0, 0.1) is 5.92 Å². The molecule has 3 atom stereocenters. The molecule has 8 nitrogen and oxygen atoms in total. The molecular weight excluding hydrogens is 300 g/mol. The molecule has 1 aromatic rings. The van der Waals surface area contributed by atoms with E-state index in [1.807, 2.05) is 37.3 Å². The van der Waals surface area contributed by atoms with Gasteiger partial charge in [0.15, 0.2) is 0 Å². The number of azide groups is 1. The summed E-state index contributed by atoms with van der Waals surface area (Å²) >= 11 is 0. The fourth-order valence-electron chi connectivity index (χ4n) is 2.23. The molecule has 0 bridgehead atoms. The molecule has 122 valence electrons. The van der Waals surface area contributed by atoms with Crippen molar-refractivity contribution in [2.45, 2.75) is 25.7 Å². The molecule has 0 saturated carbocycles. The van der Waals surface area contributed by atoms with Crippen molar-refractivity contribution in [3.63, 3.8) is 0 Å². The molecule has 2 rings (SSSR count). The molecule has 0 aliphatic carbocycles. The molecule has 23 heavy (non-hydrogen) atoms. The maximum absolute atomic E-state index is 11.1. The monoisotopic (exact) mass is 318 g/mol. The van der Waals surface area contributed by atoms with Crippen molar-refractivity contribution < 1.29 is 19.5 Å². The number of nitrogens with zero attached hydrogens (tertiary/aromatic N) is 3. The normalized spacial score (nSPS) is 23.3. The van der Waals surface area contributed by atoms with Crippen LogP contribution in [-0.4, -0.2) is 29.8 Å². The van der Waals surface area contributed by atoms with Gasteiger partial charge < -0.3 is 9.84 Å². The predicted molar refractivity (Wildman–Crippen MR) is 81.9 cm³/mol. The number of benzene rings is 1. The first kappa shape index (κ1) is 16.8. The number of carbonyl (C=O) groups is 1. The molecule has 0 spiro atoms. The van der Waals surface area contributed by atoms with Crippen molar-refractivity contribution in [2.24, 2.45) is 11.0 Å².